The van der Waals surface area contributed by atoms with Gasteiger partial charge in [-0.3, -0.25) is 19.7 Å². The SMILES string of the molecule is CC(=O)[C@@H](NC(=O)[C@H](N)c1ccc(O)cc1)[C@@H]1N[C@@H](C(=O)O)C(C)(C)S1. The van der Waals surface area contributed by atoms with E-state index >= 15 is 0 Å². The third-order valence-corrected chi connectivity index (χ3v) is 5.78. The third kappa shape index (κ3) is 4.35. The van der Waals surface area contributed by atoms with Crippen molar-refractivity contribution in [2.45, 2.75) is 49.0 Å². The van der Waals surface area contributed by atoms with Crippen LogP contribution in [0.5, 0.6) is 5.75 Å². The predicted octanol–water partition coefficient (Wildman–Crippen LogP) is 0.360. The first kappa shape index (κ1) is 20.2. The maximum atomic E-state index is 12.5. The fraction of sp³-hybridized carbons (Fsp3) is 0.471. The molecule has 0 saturated carbocycles. The van der Waals surface area contributed by atoms with Gasteiger partial charge in [0.2, 0.25) is 5.91 Å². The number of carbonyl (C=O) groups is 3. The number of aromatic hydroxyl groups is 1. The summed E-state index contributed by atoms with van der Waals surface area (Å²) in [5.41, 5.74) is 6.42. The van der Waals surface area contributed by atoms with Gasteiger partial charge >= 0.3 is 5.97 Å². The van der Waals surface area contributed by atoms with Crippen LogP contribution in [0, 0.1) is 0 Å². The summed E-state index contributed by atoms with van der Waals surface area (Å²) in [6, 6.07) is 3.09. The minimum atomic E-state index is -1.02. The fourth-order valence-electron chi connectivity index (χ4n) is 2.79. The summed E-state index contributed by atoms with van der Waals surface area (Å²) in [5, 5.41) is 23.6. The van der Waals surface area contributed by atoms with Crippen molar-refractivity contribution in [3.63, 3.8) is 0 Å². The summed E-state index contributed by atoms with van der Waals surface area (Å²) < 4.78 is -0.645. The van der Waals surface area contributed by atoms with Gasteiger partial charge in [-0.1, -0.05) is 12.1 Å². The molecule has 9 heteroatoms. The molecule has 8 nitrogen and oxygen atoms in total. The second-order valence-electron chi connectivity index (χ2n) is 6.75. The molecule has 1 fully saturated rings. The number of aliphatic carboxylic acids is 1. The van der Waals surface area contributed by atoms with Crippen LogP contribution in [0.1, 0.15) is 32.4 Å². The first-order valence-electron chi connectivity index (χ1n) is 8.05. The van der Waals surface area contributed by atoms with Gasteiger partial charge in [0.25, 0.3) is 0 Å². The first-order chi connectivity index (χ1) is 12.0. The van der Waals surface area contributed by atoms with Crippen LogP contribution in [0.3, 0.4) is 0 Å². The highest BCUT2D eigenvalue weighted by Crippen LogP contribution is 2.39. The molecular formula is C17H23N3O5S. The average Bonchev–Trinajstić information content (AvgIpc) is 2.87. The molecule has 4 atom stereocenters. The first-order valence-corrected chi connectivity index (χ1v) is 8.93. The van der Waals surface area contributed by atoms with Crippen molar-refractivity contribution in [2.75, 3.05) is 0 Å². The van der Waals surface area contributed by atoms with E-state index in [0.717, 1.165) is 0 Å². The van der Waals surface area contributed by atoms with E-state index in [-0.39, 0.29) is 11.5 Å². The normalized spacial score (nSPS) is 23.8. The molecule has 0 bridgehead atoms. The zero-order valence-corrected chi connectivity index (χ0v) is 15.5. The summed E-state index contributed by atoms with van der Waals surface area (Å²) in [6.07, 6.45) is 0. The molecule has 0 unspecified atom stereocenters. The Bertz CT molecular complexity index is 707. The number of amides is 1. The average molecular weight is 381 g/mol. The maximum absolute atomic E-state index is 12.5. The number of nitrogens with two attached hydrogens (primary N) is 1. The predicted molar refractivity (Wildman–Crippen MR) is 97.7 cm³/mol. The zero-order chi connectivity index (χ0) is 19.6. The van der Waals surface area contributed by atoms with E-state index in [2.05, 4.69) is 10.6 Å². The van der Waals surface area contributed by atoms with Crippen molar-refractivity contribution in [2.24, 2.45) is 5.73 Å². The molecule has 1 aliphatic heterocycles. The van der Waals surface area contributed by atoms with E-state index in [1.807, 2.05) is 0 Å². The number of ketones is 1. The number of phenolic OH excluding ortho intramolecular Hbond substituents is 1. The van der Waals surface area contributed by atoms with Crippen LogP contribution in [0.15, 0.2) is 24.3 Å². The van der Waals surface area contributed by atoms with Gasteiger partial charge in [-0.25, -0.2) is 0 Å². The van der Waals surface area contributed by atoms with Crippen molar-refractivity contribution in [3.05, 3.63) is 29.8 Å². The van der Waals surface area contributed by atoms with Crippen LogP contribution in [0.4, 0.5) is 0 Å². The molecular weight excluding hydrogens is 358 g/mol. The second kappa shape index (κ2) is 7.65. The Hall–Kier alpha value is -2.10. The zero-order valence-electron chi connectivity index (χ0n) is 14.7. The minimum Gasteiger partial charge on any atom is -0.508 e. The maximum Gasteiger partial charge on any atom is 0.322 e. The quantitative estimate of drug-likeness (QED) is 0.475. The van der Waals surface area contributed by atoms with Gasteiger partial charge in [-0.15, -0.1) is 11.8 Å². The third-order valence-electron chi connectivity index (χ3n) is 4.28. The highest BCUT2D eigenvalue weighted by Gasteiger charge is 2.48. The van der Waals surface area contributed by atoms with Gasteiger partial charge in [0, 0.05) is 4.75 Å². The lowest BCUT2D eigenvalue weighted by atomic mass is 10.0. The topological polar surface area (TPSA) is 142 Å². The Morgan fingerprint density at radius 2 is 1.85 bits per heavy atom. The molecule has 0 radical (unpaired) electrons. The molecule has 0 aromatic heterocycles. The molecule has 1 aromatic carbocycles. The lowest BCUT2D eigenvalue weighted by molar-refractivity contribution is -0.140. The molecule has 1 aromatic rings. The number of nitrogens with one attached hydrogen (secondary N) is 2. The Morgan fingerprint density at radius 3 is 2.31 bits per heavy atom. The molecule has 1 amide bonds. The number of carboxylic acid groups (broad SMARTS) is 1. The molecule has 0 aliphatic carbocycles. The number of hydrogen-bond donors (Lipinski definition) is 5. The van der Waals surface area contributed by atoms with Crippen molar-refractivity contribution in [3.8, 4) is 5.75 Å². The van der Waals surface area contributed by atoms with Crippen LogP contribution < -0.4 is 16.4 Å². The van der Waals surface area contributed by atoms with E-state index in [4.69, 9.17) is 5.73 Å². The van der Waals surface area contributed by atoms with E-state index in [0.29, 0.717) is 5.56 Å². The number of carboxylic acids is 1. The number of phenols is 1. The molecule has 1 saturated heterocycles. The van der Waals surface area contributed by atoms with Crippen molar-refractivity contribution in [1.82, 2.24) is 10.6 Å². The van der Waals surface area contributed by atoms with Gasteiger partial charge in [-0.2, -0.15) is 0 Å². The Kier molecular flexibility index (Phi) is 5.94. The number of benzene rings is 1. The van der Waals surface area contributed by atoms with Crippen LogP contribution in [-0.2, 0) is 14.4 Å². The van der Waals surface area contributed by atoms with E-state index in [1.165, 1.54) is 43.0 Å². The van der Waals surface area contributed by atoms with Crippen molar-refractivity contribution >= 4 is 29.4 Å². The van der Waals surface area contributed by atoms with Crippen LogP contribution >= 0.6 is 11.8 Å². The highest BCUT2D eigenvalue weighted by atomic mass is 32.2. The summed E-state index contributed by atoms with van der Waals surface area (Å²) in [7, 11) is 0. The molecule has 1 aliphatic rings. The number of carbonyl (C=O) groups excluding carboxylic acids is 2. The Balaban J connectivity index is 2.13. The minimum absolute atomic E-state index is 0.0523. The van der Waals surface area contributed by atoms with Crippen molar-refractivity contribution < 1.29 is 24.6 Å². The van der Waals surface area contributed by atoms with Gasteiger partial charge in [-0.05, 0) is 38.5 Å². The largest absolute Gasteiger partial charge is 0.508 e. The molecule has 2 rings (SSSR count). The van der Waals surface area contributed by atoms with Gasteiger partial charge in [0.15, 0.2) is 5.78 Å². The number of rotatable bonds is 6. The summed E-state index contributed by atoms with van der Waals surface area (Å²) >= 11 is 1.29. The monoisotopic (exact) mass is 381 g/mol. The standard InChI is InChI=1S/C17H23N3O5S/c1-8(21)12(15-20-13(16(24)25)17(2,3)26-15)19-14(23)11(18)9-4-6-10(22)7-5-9/h4-7,11-13,15,20,22H,18H2,1-3H3,(H,19,23)(H,24,25)/t11-,12-,13+,15-/m1/s1. The summed E-state index contributed by atoms with van der Waals surface area (Å²) in [5.74, 6) is -1.83. The van der Waals surface area contributed by atoms with Gasteiger partial charge in [0.1, 0.15) is 23.9 Å². The molecule has 26 heavy (non-hydrogen) atoms. The fourth-order valence-corrected chi connectivity index (χ4v) is 4.35. The van der Waals surface area contributed by atoms with Gasteiger partial charge in [0.05, 0.1) is 5.37 Å². The van der Waals surface area contributed by atoms with Crippen LogP contribution in [0.2, 0.25) is 0 Å². The smallest absolute Gasteiger partial charge is 0.322 e. The number of Topliss-reactive ketones (excluding diaryl/α,β-unsaturated/α-hetero) is 1. The number of thioether (sulfide) groups is 1. The lowest BCUT2D eigenvalue weighted by Crippen LogP contribution is -2.54. The summed E-state index contributed by atoms with van der Waals surface area (Å²) in [6.45, 7) is 4.87. The van der Waals surface area contributed by atoms with Crippen LogP contribution in [0.25, 0.3) is 0 Å². The van der Waals surface area contributed by atoms with Gasteiger partial charge < -0.3 is 21.3 Å². The number of hydrogen-bond acceptors (Lipinski definition) is 7. The Morgan fingerprint density at radius 1 is 1.27 bits per heavy atom. The van der Waals surface area contributed by atoms with E-state index in [1.54, 1.807) is 13.8 Å². The summed E-state index contributed by atoms with van der Waals surface area (Å²) in [4.78, 5) is 36.0. The van der Waals surface area contributed by atoms with E-state index in [9.17, 15) is 24.6 Å². The molecule has 6 N–H and O–H groups in total. The Labute approximate surface area is 155 Å². The van der Waals surface area contributed by atoms with Crippen LogP contribution in [-0.4, -0.2) is 50.1 Å². The second-order valence-corrected chi connectivity index (χ2v) is 8.54. The molecule has 0 spiro atoms. The highest BCUT2D eigenvalue weighted by molar-refractivity contribution is 8.01. The van der Waals surface area contributed by atoms with E-state index < -0.39 is 40.1 Å². The molecule has 142 valence electrons. The van der Waals surface area contributed by atoms with Crippen molar-refractivity contribution in [1.29, 1.82) is 0 Å². The molecule has 1 heterocycles. The lowest BCUT2D eigenvalue weighted by Gasteiger charge is -2.24.